The molecule has 0 aliphatic carbocycles. The van der Waals surface area contributed by atoms with Crippen LogP contribution < -0.4 is 5.73 Å². The summed E-state index contributed by atoms with van der Waals surface area (Å²) in [5.74, 6) is 0. The van der Waals surface area contributed by atoms with Gasteiger partial charge in [0.05, 0.1) is 0 Å². The first-order valence-electron chi connectivity index (χ1n) is 4.39. The number of allylic oxidation sites excluding steroid dienone is 1. The van der Waals surface area contributed by atoms with Crippen LogP contribution in [0.25, 0.3) is 0 Å². The monoisotopic (exact) mass is 239 g/mol. The molecule has 0 amide bonds. The molecule has 0 heterocycles. The third-order valence-corrected chi connectivity index (χ3v) is 2.73. The molecular formula is C11H14BrN. The topological polar surface area (TPSA) is 26.0 Å². The lowest BCUT2D eigenvalue weighted by Gasteiger charge is -2.06. The Morgan fingerprint density at radius 1 is 1.46 bits per heavy atom. The van der Waals surface area contributed by atoms with Crippen molar-refractivity contribution in [1.82, 2.24) is 0 Å². The molecule has 0 radical (unpaired) electrons. The van der Waals surface area contributed by atoms with Gasteiger partial charge in [-0.15, -0.1) is 6.58 Å². The quantitative estimate of drug-likeness (QED) is 0.486. The van der Waals surface area contributed by atoms with Gasteiger partial charge in [-0.05, 0) is 37.0 Å². The molecule has 70 valence electrons. The van der Waals surface area contributed by atoms with Gasteiger partial charge in [-0.3, -0.25) is 0 Å². The van der Waals surface area contributed by atoms with Crippen LogP contribution in [0.2, 0.25) is 0 Å². The molecule has 1 nitrogen and oxygen atoms in total. The van der Waals surface area contributed by atoms with Crippen LogP contribution in [0, 0.1) is 0 Å². The van der Waals surface area contributed by atoms with Gasteiger partial charge in [0.2, 0.25) is 0 Å². The smallest absolute Gasteiger partial charge is 0.0357 e. The second-order valence-electron chi connectivity index (χ2n) is 2.99. The fourth-order valence-electron chi connectivity index (χ4n) is 1.26. The number of anilines is 1. The van der Waals surface area contributed by atoms with E-state index in [1.165, 1.54) is 5.56 Å². The summed E-state index contributed by atoms with van der Waals surface area (Å²) >= 11 is 3.49. The van der Waals surface area contributed by atoms with Gasteiger partial charge < -0.3 is 5.73 Å². The molecule has 1 aromatic rings. The highest BCUT2D eigenvalue weighted by Crippen LogP contribution is 2.24. The molecule has 0 bridgehead atoms. The molecule has 1 aromatic carbocycles. The van der Waals surface area contributed by atoms with Gasteiger partial charge in [0.15, 0.2) is 0 Å². The molecule has 2 N–H and O–H groups in total. The van der Waals surface area contributed by atoms with E-state index in [0.717, 1.165) is 29.4 Å². The molecule has 0 aliphatic rings. The zero-order chi connectivity index (χ0) is 9.68. The normalized spacial score (nSPS) is 9.92. The van der Waals surface area contributed by atoms with E-state index in [4.69, 9.17) is 5.73 Å². The molecule has 0 aliphatic heterocycles. The largest absolute Gasteiger partial charge is 0.398 e. The molecule has 0 fully saturated rings. The van der Waals surface area contributed by atoms with Crippen molar-refractivity contribution in [2.75, 3.05) is 5.73 Å². The van der Waals surface area contributed by atoms with Gasteiger partial charge in [-0.1, -0.05) is 28.1 Å². The Balaban J connectivity index is 2.69. The number of unbranched alkanes of at least 4 members (excludes halogenated alkanes) is 1. The first kappa shape index (κ1) is 10.3. The molecule has 13 heavy (non-hydrogen) atoms. The predicted molar refractivity (Wildman–Crippen MR) is 61.7 cm³/mol. The molecule has 0 aromatic heterocycles. The zero-order valence-electron chi connectivity index (χ0n) is 7.59. The minimum absolute atomic E-state index is 0.874. The van der Waals surface area contributed by atoms with Gasteiger partial charge in [-0.2, -0.15) is 0 Å². The summed E-state index contributed by atoms with van der Waals surface area (Å²) in [6, 6.07) is 5.92. The van der Waals surface area contributed by atoms with Crippen LogP contribution in [0.4, 0.5) is 5.69 Å². The summed E-state index contributed by atoms with van der Waals surface area (Å²) in [6.45, 7) is 3.69. The van der Waals surface area contributed by atoms with E-state index in [1.807, 2.05) is 24.3 Å². The summed E-state index contributed by atoms with van der Waals surface area (Å²) in [5.41, 5.74) is 7.93. The summed E-state index contributed by atoms with van der Waals surface area (Å²) in [6.07, 6.45) is 5.10. The first-order chi connectivity index (χ1) is 6.25. The molecule has 0 unspecified atom stereocenters. The lowest BCUT2D eigenvalue weighted by molar-refractivity contribution is 0.843. The van der Waals surface area contributed by atoms with E-state index in [-0.39, 0.29) is 0 Å². The number of hydrogen-bond acceptors (Lipinski definition) is 1. The van der Waals surface area contributed by atoms with E-state index in [9.17, 15) is 0 Å². The minimum Gasteiger partial charge on any atom is -0.398 e. The summed E-state index contributed by atoms with van der Waals surface area (Å²) in [4.78, 5) is 0. The van der Waals surface area contributed by atoms with Crippen molar-refractivity contribution < 1.29 is 0 Å². The molecule has 2 heteroatoms. The Kier molecular flexibility index (Phi) is 4.03. The van der Waals surface area contributed by atoms with Gasteiger partial charge in [-0.25, -0.2) is 0 Å². The minimum atomic E-state index is 0.874. The Morgan fingerprint density at radius 2 is 2.23 bits per heavy atom. The standard InChI is InChI=1S/C11H14BrN/c1-2-3-4-6-9-10(12)7-5-8-11(9)13/h2,5,7-8H,1,3-4,6,13H2. The van der Waals surface area contributed by atoms with Crippen LogP contribution in [0.5, 0.6) is 0 Å². The lowest BCUT2D eigenvalue weighted by Crippen LogP contribution is -1.95. The van der Waals surface area contributed by atoms with Crippen molar-refractivity contribution in [2.24, 2.45) is 0 Å². The van der Waals surface area contributed by atoms with E-state index in [1.54, 1.807) is 0 Å². The Morgan fingerprint density at radius 3 is 2.85 bits per heavy atom. The average molecular weight is 240 g/mol. The third kappa shape index (κ3) is 2.88. The Labute approximate surface area is 87.8 Å². The summed E-state index contributed by atoms with van der Waals surface area (Å²) < 4.78 is 1.11. The van der Waals surface area contributed by atoms with Crippen LogP contribution >= 0.6 is 15.9 Å². The maximum atomic E-state index is 5.85. The number of hydrogen-bond donors (Lipinski definition) is 1. The van der Waals surface area contributed by atoms with Crippen molar-refractivity contribution in [1.29, 1.82) is 0 Å². The van der Waals surface area contributed by atoms with Gasteiger partial charge in [0, 0.05) is 10.2 Å². The van der Waals surface area contributed by atoms with E-state index in [0.29, 0.717) is 0 Å². The van der Waals surface area contributed by atoms with E-state index < -0.39 is 0 Å². The van der Waals surface area contributed by atoms with Crippen LogP contribution in [0.1, 0.15) is 18.4 Å². The molecule has 1 rings (SSSR count). The van der Waals surface area contributed by atoms with Crippen LogP contribution in [0.15, 0.2) is 35.3 Å². The SMILES string of the molecule is C=CCCCc1c(N)cccc1Br. The maximum Gasteiger partial charge on any atom is 0.0357 e. The number of nitrogens with two attached hydrogens (primary N) is 1. The van der Waals surface area contributed by atoms with E-state index in [2.05, 4.69) is 22.5 Å². The second kappa shape index (κ2) is 5.07. The Bertz CT molecular complexity index is 274. The fraction of sp³-hybridized carbons (Fsp3) is 0.273. The summed E-state index contributed by atoms with van der Waals surface area (Å²) in [5, 5.41) is 0. The maximum absolute atomic E-state index is 5.85. The molecule has 0 atom stereocenters. The fourth-order valence-corrected chi connectivity index (χ4v) is 1.84. The van der Waals surface area contributed by atoms with Gasteiger partial charge in [0.1, 0.15) is 0 Å². The summed E-state index contributed by atoms with van der Waals surface area (Å²) in [7, 11) is 0. The van der Waals surface area contributed by atoms with Gasteiger partial charge >= 0.3 is 0 Å². The highest BCUT2D eigenvalue weighted by atomic mass is 79.9. The van der Waals surface area contributed by atoms with Crippen molar-refractivity contribution >= 4 is 21.6 Å². The molecule has 0 saturated carbocycles. The average Bonchev–Trinajstić information content (AvgIpc) is 2.10. The van der Waals surface area contributed by atoms with Gasteiger partial charge in [0.25, 0.3) is 0 Å². The zero-order valence-corrected chi connectivity index (χ0v) is 9.18. The number of rotatable bonds is 4. The van der Waals surface area contributed by atoms with Crippen molar-refractivity contribution in [3.8, 4) is 0 Å². The number of nitrogen functional groups attached to an aromatic ring is 1. The highest BCUT2D eigenvalue weighted by Gasteiger charge is 2.02. The van der Waals surface area contributed by atoms with Crippen molar-refractivity contribution in [3.05, 3.63) is 40.9 Å². The Hall–Kier alpha value is -0.760. The van der Waals surface area contributed by atoms with Crippen molar-refractivity contribution in [2.45, 2.75) is 19.3 Å². The van der Waals surface area contributed by atoms with E-state index >= 15 is 0 Å². The highest BCUT2D eigenvalue weighted by molar-refractivity contribution is 9.10. The molecule has 0 spiro atoms. The second-order valence-corrected chi connectivity index (χ2v) is 3.84. The van der Waals surface area contributed by atoms with Crippen LogP contribution in [0.3, 0.4) is 0 Å². The lowest BCUT2D eigenvalue weighted by atomic mass is 10.1. The third-order valence-electron chi connectivity index (χ3n) is 1.99. The number of benzene rings is 1. The van der Waals surface area contributed by atoms with Crippen LogP contribution in [-0.4, -0.2) is 0 Å². The molecular weight excluding hydrogens is 226 g/mol. The van der Waals surface area contributed by atoms with Crippen molar-refractivity contribution in [3.63, 3.8) is 0 Å². The van der Waals surface area contributed by atoms with Crippen LogP contribution in [-0.2, 0) is 6.42 Å². The predicted octanol–water partition coefficient (Wildman–Crippen LogP) is 3.54. The number of halogens is 1. The molecule has 0 saturated heterocycles. The first-order valence-corrected chi connectivity index (χ1v) is 5.18.